The quantitative estimate of drug-likeness (QED) is 0.598. The molecule has 0 spiro atoms. The van der Waals surface area contributed by atoms with Gasteiger partial charge in [0.1, 0.15) is 0 Å². The molecule has 0 unspecified atom stereocenters. The normalized spacial score (nSPS) is 17.2. The molecule has 23 heavy (non-hydrogen) atoms. The first-order chi connectivity index (χ1) is 10.8. The second kappa shape index (κ2) is 7.54. The topological polar surface area (TPSA) is 69.1 Å². The number of hydrogen-bond donors (Lipinski definition) is 3. The van der Waals surface area contributed by atoms with Crippen molar-refractivity contribution in [2.45, 2.75) is 4.90 Å². The van der Waals surface area contributed by atoms with Gasteiger partial charge in [-0.2, -0.15) is 0 Å². The standard InChI is InChI=1S/C14H23N5O2S2/c1-17(2)23(20,21)13-6-4-5-12(11-13)15-14(22)16-19-9-7-18(3)8-10-19/h4-6,11H,7-10H2,1-3H3,(H2,15,16,22)/p+1. The van der Waals surface area contributed by atoms with Gasteiger partial charge in [0.15, 0.2) is 5.11 Å². The maximum Gasteiger partial charge on any atom is 0.242 e. The lowest BCUT2D eigenvalue weighted by Crippen LogP contribution is -3.12. The van der Waals surface area contributed by atoms with Crippen LogP contribution in [-0.2, 0) is 10.0 Å². The van der Waals surface area contributed by atoms with E-state index in [4.69, 9.17) is 12.2 Å². The lowest BCUT2D eigenvalue weighted by Gasteiger charge is -2.31. The Morgan fingerprint density at radius 3 is 2.57 bits per heavy atom. The van der Waals surface area contributed by atoms with Gasteiger partial charge in [-0.3, -0.25) is 5.43 Å². The van der Waals surface area contributed by atoms with Crippen LogP contribution in [0.1, 0.15) is 0 Å². The van der Waals surface area contributed by atoms with Crippen LogP contribution in [0.25, 0.3) is 0 Å². The van der Waals surface area contributed by atoms with Gasteiger partial charge in [0, 0.05) is 19.8 Å². The Kier molecular flexibility index (Phi) is 5.93. The second-order valence-electron chi connectivity index (χ2n) is 5.83. The highest BCUT2D eigenvalue weighted by Gasteiger charge is 2.19. The molecule has 0 saturated carbocycles. The van der Waals surface area contributed by atoms with Crippen molar-refractivity contribution in [2.24, 2.45) is 0 Å². The minimum Gasteiger partial charge on any atom is -0.335 e. The zero-order valence-electron chi connectivity index (χ0n) is 13.7. The molecule has 0 bridgehead atoms. The molecular formula is C14H24N5O2S2+. The third kappa shape index (κ3) is 4.85. The van der Waals surface area contributed by atoms with E-state index in [-0.39, 0.29) is 4.90 Å². The summed E-state index contributed by atoms with van der Waals surface area (Å²) in [7, 11) is 1.74. The van der Waals surface area contributed by atoms with E-state index in [0.717, 1.165) is 26.2 Å². The van der Waals surface area contributed by atoms with Gasteiger partial charge in [0.2, 0.25) is 10.0 Å². The van der Waals surface area contributed by atoms with E-state index >= 15 is 0 Å². The fourth-order valence-electron chi connectivity index (χ4n) is 2.25. The smallest absolute Gasteiger partial charge is 0.242 e. The number of rotatable bonds is 4. The summed E-state index contributed by atoms with van der Waals surface area (Å²) in [5.74, 6) is 0. The second-order valence-corrected chi connectivity index (χ2v) is 8.39. The van der Waals surface area contributed by atoms with E-state index in [0.29, 0.717) is 10.8 Å². The van der Waals surface area contributed by atoms with Crippen molar-refractivity contribution in [1.82, 2.24) is 14.7 Å². The molecule has 3 N–H and O–H groups in total. The van der Waals surface area contributed by atoms with Gasteiger partial charge in [-0.05, 0) is 30.4 Å². The van der Waals surface area contributed by atoms with E-state index in [9.17, 15) is 8.42 Å². The molecule has 0 amide bonds. The van der Waals surface area contributed by atoms with Crippen molar-refractivity contribution in [1.29, 1.82) is 0 Å². The number of piperazine rings is 1. The Morgan fingerprint density at radius 2 is 1.96 bits per heavy atom. The zero-order valence-corrected chi connectivity index (χ0v) is 15.3. The van der Waals surface area contributed by atoms with E-state index in [1.54, 1.807) is 24.3 Å². The Morgan fingerprint density at radius 1 is 1.30 bits per heavy atom. The SMILES string of the molecule is CN(C)S(=O)(=O)c1cccc(NC(=S)NN2CC[NH+](C)CC2)c1. The predicted octanol–water partition coefficient (Wildman–Crippen LogP) is -1.03. The van der Waals surface area contributed by atoms with Crippen LogP contribution < -0.4 is 15.6 Å². The average Bonchev–Trinajstić information content (AvgIpc) is 2.49. The number of sulfonamides is 1. The summed E-state index contributed by atoms with van der Waals surface area (Å²) < 4.78 is 25.5. The summed E-state index contributed by atoms with van der Waals surface area (Å²) in [6.45, 7) is 3.96. The molecule has 128 valence electrons. The van der Waals surface area contributed by atoms with Crippen LogP contribution >= 0.6 is 12.2 Å². The van der Waals surface area contributed by atoms with Crippen molar-refractivity contribution in [3.05, 3.63) is 24.3 Å². The van der Waals surface area contributed by atoms with Crippen LogP contribution in [0.3, 0.4) is 0 Å². The van der Waals surface area contributed by atoms with Crippen molar-refractivity contribution in [3.63, 3.8) is 0 Å². The summed E-state index contributed by atoms with van der Waals surface area (Å²) >= 11 is 5.30. The van der Waals surface area contributed by atoms with E-state index < -0.39 is 10.0 Å². The molecule has 7 nitrogen and oxygen atoms in total. The van der Waals surface area contributed by atoms with E-state index in [2.05, 4.69) is 22.8 Å². The molecule has 9 heteroatoms. The number of thiocarbonyl (C=S) groups is 1. The van der Waals surface area contributed by atoms with E-state index in [1.165, 1.54) is 23.3 Å². The lowest BCUT2D eigenvalue weighted by molar-refractivity contribution is -0.884. The van der Waals surface area contributed by atoms with Crippen LogP contribution in [-0.4, -0.2) is 70.2 Å². The van der Waals surface area contributed by atoms with Crippen LogP contribution in [0, 0.1) is 0 Å². The minimum absolute atomic E-state index is 0.235. The van der Waals surface area contributed by atoms with Crippen molar-refractivity contribution < 1.29 is 13.3 Å². The zero-order chi connectivity index (χ0) is 17.0. The van der Waals surface area contributed by atoms with Crippen LogP contribution in [0.15, 0.2) is 29.2 Å². The highest BCUT2D eigenvalue weighted by Crippen LogP contribution is 2.17. The van der Waals surface area contributed by atoms with Gasteiger partial charge in [-0.25, -0.2) is 17.7 Å². The first-order valence-electron chi connectivity index (χ1n) is 7.45. The molecule has 1 aromatic rings. The largest absolute Gasteiger partial charge is 0.335 e. The molecule has 2 rings (SSSR count). The summed E-state index contributed by atoms with van der Waals surface area (Å²) in [5, 5.41) is 5.57. The molecule has 0 radical (unpaired) electrons. The molecular weight excluding hydrogens is 334 g/mol. The van der Waals surface area contributed by atoms with Gasteiger partial charge in [0.25, 0.3) is 0 Å². The summed E-state index contributed by atoms with van der Waals surface area (Å²) in [5.41, 5.74) is 3.79. The number of quaternary nitrogens is 1. The lowest BCUT2D eigenvalue weighted by atomic mass is 10.3. The van der Waals surface area contributed by atoms with Crippen LogP contribution in [0.4, 0.5) is 5.69 Å². The van der Waals surface area contributed by atoms with Gasteiger partial charge in [0.05, 0.1) is 38.1 Å². The number of nitrogens with one attached hydrogen (secondary N) is 3. The number of anilines is 1. The Hall–Kier alpha value is -1.26. The third-order valence-electron chi connectivity index (χ3n) is 3.75. The fourth-order valence-corrected chi connectivity index (χ4v) is 3.44. The molecule has 1 heterocycles. The van der Waals surface area contributed by atoms with Crippen molar-refractivity contribution in [2.75, 3.05) is 52.6 Å². The summed E-state index contributed by atoms with van der Waals surface area (Å²) in [6, 6.07) is 6.63. The first kappa shape index (κ1) is 18.1. The van der Waals surface area contributed by atoms with Crippen molar-refractivity contribution in [3.8, 4) is 0 Å². The van der Waals surface area contributed by atoms with Gasteiger partial charge >= 0.3 is 0 Å². The average molecular weight is 359 g/mol. The number of likely N-dealkylation sites (N-methyl/N-ethyl adjacent to an activating group) is 1. The Bertz CT molecular complexity index is 655. The summed E-state index contributed by atoms with van der Waals surface area (Å²) in [4.78, 5) is 1.74. The van der Waals surface area contributed by atoms with Gasteiger partial charge in [-0.15, -0.1) is 0 Å². The highest BCUT2D eigenvalue weighted by molar-refractivity contribution is 7.89. The number of nitrogens with zero attached hydrogens (tertiary/aromatic N) is 2. The summed E-state index contributed by atoms with van der Waals surface area (Å²) in [6.07, 6.45) is 0. The monoisotopic (exact) mass is 358 g/mol. The highest BCUT2D eigenvalue weighted by atomic mass is 32.2. The predicted molar refractivity (Wildman–Crippen MR) is 94.9 cm³/mol. The number of hydrazine groups is 1. The van der Waals surface area contributed by atoms with Gasteiger partial charge < -0.3 is 10.2 Å². The molecule has 1 aliphatic heterocycles. The van der Waals surface area contributed by atoms with Crippen molar-refractivity contribution >= 4 is 33.0 Å². The Balaban J connectivity index is 1.99. The molecule has 0 atom stereocenters. The minimum atomic E-state index is -3.45. The first-order valence-corrected chi connectivity index (χ1v) is 9.30. The number of benzene rings is 1. The van der Waals surface area contributed by atoms with Crippen LogP contribution in [0.5, 0.6) is 0 Å². The Labute approximate surface area is 143 Å². The maximum absolute atomic E-state index is 12.2. The molecule has 0 aliphatic carbocycles. The third-order valence-corrected chi connectivity index (χ3v) is 5.75. The fraction of sp³-hybridized carbons (Fsp3) is 0.500. The van der Waals surface area contributed by atoms with Crippen LogP contribution in [0.2, 0.25) is 0 Å². The maximum atomic E-state index is 12.2. The van der Waals surface area contributed by atoms with Gasteiger partial charge in [-0.1, -0.05) is 6.07 Å². The molecule has 0 aromatic heterocycles. The molecule has 1 fully saturated rings. The molecule has 1 saturated heterocycles. The number of hydrogen-bond acceptors (Lipinski definition) is 4. The molecule has 1 aliphatic rings. The molecule has 1 aromatic carbocycles. The van der Waals surface area contributed by atoms with E-state index in [1.807, 2.05) is 0 Å².